The van der Waals surface area contributed by atoms with Crippen molar-refractivity contribution in [2.45, 2.75) is 25.8 Å². The highest BCUT2D eigenvalue weighted by molar-refractivity contribution is 5.92. The summed E-state index contributed by atoms with van der Waals surface area (Å²) in [5.74, 6) is 2.20. The Morgan fingerprint density at radius 3 is 2.43 bits per heavy atom. The first-order chi connectivity index (χ1) is 17.0. The number of methoxy groups -OCH3 is 4. The second kappa shape index (κ2) is 12.5. The van der Waals surface area contributed by atoms with E-state index < -0.39 is 0 Å². The lowest BCUT2D eigenvalue weighted by molar-refractivity contribution is -0.116. The van der Waals surface area contributed by atoms with Gasteiger partial charge in [0.15, 0.2) is 11.5 Å². The van der Waals surface area contributed by atoms with Crippen molar-refractivity contribution in [3.05, 3.63) is 54.2 Å². The number of pyridine rings is 1. The number of aromatic nitrogens is 1. The fraction of sp³-hybridized carbons (Fsp3) is 0.333. The lowest BCUT2D eigenvalue weighted by atomic mass is 10.1. The number of nitrogens with zero attached hydrogens (tertiary/aromatic N) is 1. The first kappa shape index (κ1) is 25.7. The van der Waals surface area contributed by atoms with E-state index in [4.69, 9.17) is 18.9 Å². The van der Waals surface area contributed by atoms with Crippen LogP contribution in [0, 0.1) is 0 Å². The number of rotatable bonds is 12. The minimum absolute atomic E-state index is 0.164. The summed E-state index contributed by atoms with van der Waals surface area (Å²) in [5, 5.41) is 7.47. The van der Waals surface area contributed by atoms with Crippen LogP contribution in [0.5, 0.6) is 23.0 Å². The predicted octanol–water partition coefficient (Wildman–Crippen LogP) is 4.68. The number of carbonyl (C=O) groups excluding carboxylic acids is 1. The zero-order chi connectivity index (χ0) is 25.2. The molecule has 186 valence electrons. The minimum Gasteiger partial charge on any atom is -0.497 e. The molecule has 0 saturated carbocycles. The Balaban J connectivity index is 1.50. The van der Waals surface area contributed by atoms with E-state index in [0.29, 0.717) is 23.8 Å². The second-order valence-corrected chi connectivity index (χ2v) is 8.02. The SMILES string of the molecule is COc1cc(NC(C)CCCNC(=O)/C=C/c2cc(OC)c(OC)c(OC)c2)c2ncccc2c1. The molecule has 0 radical (unpaired) electrons. The molecular weight excluding hydrogens is 446 g/mol. The lowest BCUT2D eigenvalue weighted by Gasteiger charge is -2.17. The van der Waals surface area contributed by atoms with Crippen LogP contribution in [0.3, 0.4) is 0 Å². The highest BCUT2D eigenvalue weighted by Gasteiger charge is 2.12. The van der Waals surface area contributed by atoms with Gasteiger partial charge in [-0.05, 0) is 55.7 Å². The summed E-state index contributed by atoms with van der Waals surface area (Å²) in [7, 11) is 6.32. The van der Waals surface area contributed by atoms with Crippen LogP contribution in [0.15, 0.2) is 48.7 Å². The molecule has 0 aliphatic carbocycles. The Labute approximate surface area is 206 Å². The average Bonchev–Trinajstić information content (AvgIpc) is 2.88. The number of anilines is 1. The Hall–Kier alpha value is -3.94. The van der Waals surface area contributed by atoms with E-state index in [-0.39, 0.29) is 11.9 Å². The van der Waals surface area contributed by atoms with Crippen molar-refractivity contribution < 1.29 is 23.7 Å². The average molecular weight is 480 g/mol. The third kappa shape index (κ3) is 6.79. The van der Waals surface area contributed by atoms with E-state index in [2.05, 4.69) is 22.5 Å². The summed E-state index contributed by atoms with van der Waals surface area (Å²) in [5.41, 5.74) is 2.61. The maximum atomic E-state index is 12.3. The number of benzene rings is 2. The number of hydrogen-bond donors (Lipinski definition) is 2. The number of nitrogens with one attached hydrogen (secondary N) is 2. The topological polar surface area (TPSA) is 90.9 Å². The summed E-state index contributed by atoms with van der Waals surface area (Å²) in [6, 6.07) is 11.6. The van der Waals surface area contributed by atoms with Crippen molar-refractivity contribution in [2.75, 3.05) is 40.3 Å². The molecule has 0 aliphatic heterocycles. The van der Waals surface area contributed by atoms with Crippen LogP contribution in [-0.2, 0) is 4.79 Å². The zero-order valence-electron chi connectivity index (χ0n) is 20.9. The largest absolute Gasteiger partial charge is 0.497 e. The fourth-order valence-corrected chi connectivity index (χ4v) is 3.78. The molecule has 1 aromatic heterocycles. The van der Waals surface area contributed by atoms with E-state index in [1.807, 2.05) is 24.3 Å². The molecule has 1 amide bonds. The van der Waals surface area contributed by atoms with Gasteiger partial charge in [0.2, 0.25) is 11.7 Å². The molecule has 2 N–H and O–H groups in total. The number of hydrogen-bond acceptors (Lipinski definition) is 7. The van der Waals surface area contributed by atoms with Crippen molar-refractivity contribution in [2.24, 2.45) is 0 Å². The van der Waals surface area contributed by atoms with Crippen LogP contribution < -0.4 is 29.6 Å². The van der Waals surface area contributed by atoms with Crippen LogP contribution in [0.1, 0.15) is 25.3 Å². The quantitative estimate of drug-likeness (QED) is 0.288. The summed E-state index contributed by atoms with van der Waals surface area (Å²) in [6.45, 7) is 2.68. The Morgan fingerprint density at radius 2 is 1.77 bits per heavy atom. The van der Waals surface area contributed by atoms with Gasteiger partial charge >= 0.3 is 0 Å². The molecule has 0 bridgehead atoms. The molecule has 2 aromatic carbocycles. The van der Waals surface area contributed by atoms with Gasteiger partial charge in [-0.3, -0.25) is 9.78 Å². The van der Waals surface area contributed by atoms with E-state index >= 15 is 0 Å². The van der Waals surface area contributed by atoms with E-state index in [9.17, 15) is 4.79 Å². The van der Waals surface area contributed by atoms with Gasteiger partial charge in [-0.2, -0.15) is 0 Å². The van der Waals surface area contributed by atoms with Gasteiger partial charge in [-0.1, -0.05) is 6.07 Å². The number of fused-ring (bicyclic) bond motifs is 1. The predicted molar refractivity (Wildman–Crippen MR) is 139 cm³/mol. The molecule has 3 aromatic rings. The van der Waals surface area contributed by atoms with Gasteiger partial charge in [-0.15, -0.1) is 0 Å². The first-order valence-corrected chi connectivity index (χ1v) is 11.4. The molecule has 1 atom stereocenters. The smallest absolute Gasteiger partial charge is 0.243 e. The van der Waals surface area contributed by atoms with Crippen molar-refractivity contribution in [3.8, 4) is 23.0 Å². The number of ether oxygens (including phenoxy) is 4. The van der Waals surface area contributed by atoms with Crippen LogP contribution in [0.25, 0.3) is 17.0 Å². The van der Waals surface area contributed by atoms with E-state index in [1.165, 1.54) is 6.08 Å². The fourth-order valence-electron chi connectivity index (χ4n) is 3.78. The molecule has 35 heavy (non-hydrogen) atoms. The Morgan fingerprint density at radius 1 is 1.03 bits per heavy atom. The van der Waals surface area contributed by atoms with Gasteiger partial charge in [-0.25, -0.2) is 0 Å². The second-order valence-electron chi connectivity index (χ2n) is 8.02. The molecule has 1 unspecified atom stereocenters. The highest BCUT2D eigenvalue weighted by Crippen LogP contribution is 2.38. The van der Waals surface area contributed by atoms with Gasteiger partial charge in [0.1, 0.15) is 5.75 Å². The van der Waals surface area contributed by atoms with Crippen molar-refractivity contribution in [1.82, 2.24) is 10.3 Å². The molecule has 1 heterocycles. The van der Waals surface area contributed by atoms with Crippen LogP contribution >= 0.6 is 0 Å². The minimum atomic E-state index is -0.164. The van der Waals surface area contributed by atoms with E-state index in [0.717, 1.165) is 40.7 Å². The molecule has 0 aliphatic rings. The summed E-state index contributed by atoms with van der Waals surface area (Å²) < 4.78 is 21.4. The van der Waals surface area contributed by atoms with Crippen LogP contribution in [0.4, 0.5) is 5.69 Å². The molecule has 0 saturated heterocycles. The first-order valence-electron chi connectivity index (χ1n) is 11.4. The summed E-state index contributed by atoms with van der Waals surface area (Å²) in [6.07, 6.45) is 6.70. The van der Waals surface area contributed by atoms with Gasteiger partial charge in [0, 0.05) is 36.3 Å². The molecular formula is C27H33N3O5. The molecule has 0 spiro atoms. The zero-order valence-corrected chi connectivity index (χ0v) is 20.9. The van der Waals surface area contributed by atoms with Gasteiger partial charge in [0.05, 0.1) is 39.6 Å². The van der Waals surface area contributed by atoms with Crippen LogP contribution in [-0.4, -0.2) is 51.9 Å². The molecule has 3 rings (SSSR count). The summed E-state index contributed by atoms with van der Waals surface area (Å²) in [4.78, 5) is 16.8. The maximum Gasteiger partial charge on any atom is 0.243 e. The monoisotopic (exact) mass is 479 g/mol. The maximum absolute atomic E-state index is 12.3. The van der Waals surface area contributed by atoms with Gasteiger partial charge < -0.3 is 29.6 Å². The van der Waals surface area contributed by atoms with E-state index in [1.54, 1.807) is 52.8 Å². The number of carbonyl (C=O) groups is 1. The molecule has 0 fully saturated rings. The van der Waals surface area contributed by atoms with Crippen LogP contribution in [0.2, 0.25) is 0 Å². The van der Waals surface area contributed by atoms with Gasteiger partial charge in [0.25, 0.3) is 0 Å². The van der Waals surface area contributed by atoms with Crippen molar-refractivity contribution in [3.63, 3.8) is 0 Å². The molecule has 8 heteroatoms. The standard InChI is InChI=1S/C27H33N3O5/c1-18(30-22-17-21(32-2)16-20-9-7-13-29-26(20)22)8-6-12-28-25(31)11-10-19-14-23(33-3)27(35-5)24(15-19)34-4/h7,9-11,13-18,30H,6,8,12H2,1-5H3,(H,28,31)/b11-10+. The van der Waals surface area contributed by atoms with Crippen molar-refractivity contribution in [1.29, 1.82) is 0 Å². The Kier molecular flexibility index (Phi) is 9.17. The molecule has 8 nitrogen and oxygen atoms in total. The summed E-state index contributed by atoms with van der Waals surface area (Å²) >= 11 is 0. The third-order valence-corrected chi connectivity index (χ3v) is 5.54. The Bertz CT molecular complexity index is 1150. The normalized spacial score (nSPS) is 11.8. The lowest BCUT2D eigenvalue weighted by Crippen LogP contribution is -2.24. The number of amides is 1. The highest BCUT2D eigenvalue weighted by atomic mass is 16.5. The van der Waals surface area contributed by atoms with Crippen molar-refractivity contribution >= 4 is 28.6 Å². The third-order valence-electron chi connectivity index (χ3n) is 5.54.